The van der Waals surface area contributed by atoms with Crippen LogP contribution in [0.1, 0.15) is 77.6 Å². The molecule has 0 heterocycles. The van der Waals surface area contributed by atoms with Crippen LogP contribution in [0, 0.1) is 11.8 Å². The zero-order chi connectivity index (χ0) is 15.5. The molecule has 0 fully saturated rings. The summed E-state index contributed by atoms with van der Waals surface area (Å²) in [7, 11) is 0. The lowest BCUT2D eigenvalue weighted by Gasteiger charge is -2.17. The molecule has 0 spiro atoms. The van der Waals surface area contributed by atoms with Crippen molar-refractivity contribution in [1.82, 2.24) is 0 Å². The summed E-state index contributed by atoms with van der Waals surface area (Å²) in [5, 5.41) is 8.56. The van der Waals surface area contributed by atoms with E-state index < -0.39 is 5.97 Å². The van der Waals surface area contributed by atoms with Crippen LogP contribution in [0.5, 0.6) is 0 Å². The molecule has 0 aromatic heterocycles. The number of unbranched alkanes of at least 4 members (excludes halogenated alkanes) is 6. The molecule has 0 bridgehead atoms. The number of hydrogen-bond donors (Lipinski definition) is 1. The Labute approximate surface area is 128 Å². The van der Waals surface area contributed by atoms with Crippen molar-refractivity contribution in [2.45, 2.75) is 77.6 Å². The maximum absolute atomic E-state index is 11.9. The second-order valence-corrected chi connectivity index (χ2v) is 6.23. The van der Waals surface area contributed by atoms with Crippen molar-refractivity contribution >= 4 is 11.8 Å². The van der Waals surface area contributed by atoms with Crippen LogP contribution in [0.3, 0.4) is 0 Å². The Morgan fingerprint density at radius 1 is 1.05 bits per heavy atom. The molecule has 1 N–H and O–H groups in total. The van der Waals surface area contributed by atoms with Gasteiger partial charge in [0, 0.05) is 12.3 Å². The molecule has 0 aromatic rings. The molecule has 0 aromatic carbocycles. The highest BCUT2D eigenvalue weighted by Gasteiger charge is 2.28. The van der Waals surface area contributed by atoms with Gasteiger partial charge in [-0.1, -0.05) is 57.9 Å². The number of carboxylic acid groups (broad SMARTS) is 1. The monoisotopic (exact) mass is 294 g/mol. The first-order valence-corrected chi connectivity index (χ1v) is 8.59. The summed E-state index contributed by atoms with van der Waals surface area (Å²) in [5.74, 6) is 0.312. The standard InChI is InChI=1S/C18H30O3/c1-2-3-7-10-15-13-14-17(19)16(15)11-8-5-4-6-9-12-18(20)21/h13-16H,2-12H2,1H3,(H,20,21)/t15-,16-/m1/s1. The molecule has 0 aliphatic heterocycles. The third kappa shape index (κ3) is 7.45. The summed E-state index contributed by atoms with van der Waals surface area (Å²) in [6, 6.07) is 0. The van der Waals surface area contributed by atoms with Gasteiger partial charge >= 0.3 is 5.97 Å². The molecule has 1 rings (SSSR count). The van der Waals surface area contributed by atoms with E-state index in [-0.39, 0.29) is 12.3 Å². The molecule has 3 nitrogen and oxygen atoms in total. The van der Waals surface area contributed by atoms with E-state index in [2.05, 4.69) is 13.0 Å². The number of carbonyl (C=O) groups is 2. The van der Waals surface area contributed by atoms with Crippen LogP contribution < -0.4 is 0 Å². The molecule has 0 saturated carbocycles. The number of carbonyl (C=O) groups excluding carboxylic acids is 1. The fourth-order valence-corrected chi connectivity index (χ4v) is 3.14. The van der Waals surface area contributed by atoms with Crippen LogP contribution >= 0.6 is 0 Å². The molecular formula is C18H30O3. The Kier molecular flexibility index (Phi) is 9.04. The van der Waals surface area contributed by atoms with Crippen molar-refractivity contribution in [2.75, 3.05) is 0 Å². The highest BCUT2D eigenvalue weighted by atomic mass is 16.4. The first kappa shape index (κ1) is 17.9. The van der Waals surface area contributed by atoms with E-state index in [0.29, 0.717) is 11.7 Å². The SMILES string of the molecule is CCCCC[C@@H]1C=CC(=O)[C@@H]1CCCCCCCC(=O)O. The van der Waals surface area contributed by atoms with Gasteiger partial charge in [0.1, 0.15) is 0 Å². The van der Waals surface area contributed by atoms with Crippen LogP contribution in [-0.4, -0.2) is 16.9 Å². The van der Waals surface area contributed by atoms with E-state index in [9.17, 15) is 9.59 Å². The zero-order valence-corrected chi connectivity index (χ0v) is 13.4. The Morgan fingerprint density at radius 3 is 2.43 bits per heavy atom. The van der Waals surface area contributed by atoms with Crippen LogP contribution in [0.4, 0.5) is 0 Å². The van der Waals surface area contributed by atoms with E-state index in [1.807, 2.05) is 0 Å². The van der Waals surface area contributed by atoms with Crippen molar-refractivity contribution in [3.63, 3.8) is 0 Å². The number of hydrogen-bond acceptors (Lipinski definition) is 2. The number of rotatable bonds is 12. The second kappa shape index (κ2) is 10.6. The lowest BCUT2D eigenvalue weighted by molar-refractivity contribution is -0.137. The van der Waals surface area contributed by atoms with E-state index >= 15 is 0 Å². The largest absolute Gasteiger partial charge is 0.481 e. The van der Waals surface area contributed by atoms with Crippen molar-refractivity contribution in [3.05, 3.63) is 12.2 Å². The lowest BCUT2D eigenvalue weighted by atomic mass is 9.86. The molecule has 3 heteroatoms. The van der Waals surface area contributed by atoms with Crippen LogP contribution in [0.25, 0.3) is 0 Å². The maximum Gasteiger partial charge on any atom is 0.303 e. The minimum absolute atomic E-state index is 0.223. The fourth-order valence-electron chi connectivity index (χ4n) is 3.14. The van der Waals surface area contributed by atoms with Gasteiger partial charge in [0.2, 0.25) is 0 Å². The normalized spacial score (nSPS) is 21.1. The number of aliphatic carboxylic acids is 1. The van der Waals surface area contributed by atoms with Gasteiger partial charge in [-0.3, -0.25) is 9.59 Å². The third-order valence-corrected chi connectivity index (χ3v) is 4.44. The Balaban J connectivity index is 2.11. The van der Waals surface area contributed by atoms with Gasteiger partial charge in [-0.05, 0) is 31.3 Å². The van der Waals surface area contributed by atoms with Gasteiger partial charge in [-0.15, -0.1) is 0 Å². The maximum atomic E-state index is 11.9. The third-order valence-electron chi connectivity index (χ3n) is 4.44. The van der Waals surface area contributed by atoms with E-state index in [0.717, 1.165) is 44.9 Å². The van der Waals surface area contributed by atoms with Gasteiger partial charge in [0.05, 0.1) is 0 Å². The molecule has 21 heavy (non-hydrogen) atoms. The average molecular weight is 294 g/mol. The summed E-state index contributed by atoms with van der Waals surface area (Å²) in [6.07, 6.45) is 15.1. The van der Waals surface area contributed by atoms with Gasteiger partial charge in [0.25, 0.3) is 0 Å². The molecular weight excluding hydrogens is 264 g/mol. The first-order chi connectivity index (χ1) is 10.1. The van der Waals surface area contributed by atoms with Crippen LogP contribution in [-0.2, 0) is 9.59 Å². The minimum atomic E-state index is -0.701. The molecule has 0 saturated heterocycles. The lowest BCUT2D eigenvalue weighted by Crippen LogP contribution is -2.16. The second-order valence-electron chi connectivity index (χ2n) is 6.23. The van der Waals surface area contributed by atoms with E-state index in [4.69, 9.17) is 5.11 Å². The summed E-state index contributed by atoms with van der Waals surface area (Å²) in [5.41, 5.74) is 0. The average Bonchev–Trinajstić information content (AvgIpc) is 2.79. The van der Waals surface area contributed by atoms with Crippen molar-refractivity contribution in [3.8, 4) is 0 Å². The number of ketones is 1. The Hall–Kier alpha value is -1.12. The predicted octanol–water partition coefficient (Wildman–Crippen LogP) is 4.75. The van der Waals surface area contributed by atoms with Crippen LogP contribution in [0.15, 0.2) is 12.2 Å². The van der Waals surface area contributed by atoms with Gasteiger partial charge in [-0.25, -0.2) is 0 Å². The predicted molar refractivity (Wildman–Crippen MR) is 85.2 cm³/mol. The molecule has 2 atom stereocenters. The Morgan fingerprint density at radius 2 is 1.71 bits per heavy atom. The summed E-state index contributed by atoms with van der Waals surface area (Å²) in [6.45, 7) is 2.21. The number of carboxylic acids is 1. The van der Waals surface area contributed by atoms with Crippen molar-refractivity contribution in [1.29, 1.82) is 0 Å². The quantitative estimate of drug-likeness (QED) is 0.528. The molecule has 1 aliphatic carbocycles. The zero-order valence-electron chi connectivity index (χ0n) is 13.4. The topological polar surface area (TPSA) is 54.4 Å². The van der Waals surface area contributed by atoms with Crippen molar-refractivity contribution in [2.24, 2.45) is 11.8 Å². The minimum Gasteiger partial charge on any atom is -0.481 e. The summed E-state index contributed by atoms with van der Waals surface area (Å²) >= 11 is 0. The molecule has 0 amide bonds. The Bertz CT molecular complexity index is 346. The van der Waals surface area contributed by atoms with Gasteiger partial charge < -0.3 is 5.11 Å². The fraction of sp³-hybridized carbons (Fsp3) is 0.778. The first-order valence-electron chi connectivity index (χ1n) is 8.59. The summed E-state index contributed by atoms with van der Waals surface area (Å²) in [4.78, 5) is 22.3. The van der Waals surface area contributed by atoms with E-state index in [1.165, 1.54) is 19.3 Å². The van der Waals surface area contributed by atoms with Crippen LogP contribution in [0.2, 0.25) is 0 Å². The molecule has 0 radical (unpaired) electrons. The van der Waals surface area contributed by atoms with Gasteiger partial charge in [0.15, 0.2) is 5.78 Å². The highest BCUT2D eigenvalue weighted by molar-refractivity contribution is 5.94. The van der Waals surface area contributed by atoms with E-state index in [1.54, 1.807) is 6.08 Å². The van der Waals surface area contributed by atoms with Gasteiger partial charge in [-0.2, -0.15) is 0 Å². The molecule has 1 aliphatic rings. The number of allylic oxidation sites excluding steroid dienone is 2. The molecule has 0 unspecified atom stereocenters. The summed E-state index contributed by atoms with van der Waals surface area (Å²) < 4.78 is 0. The van der Waals surface area contributed by atoms with Crippen molar-refractivity contribution < 1.29 is 14.7 Å². The highest BCUT2D eigenvalue weighted by Crippen LogP contribution is 2.31. The molecule has 120 valence electrons. The smallest absolute Gasteiger partial charge is 0.303 e.